The van der Waals surface area contributed by atoms with Crippen molar-refractivity contribution in [1.82, 2.24) is 10.3 Å². The van der Waals surface area contributed by atoms with Crippen molar-refractivity contribution in [2.24, 2.45) is 5.92 Å². The van der Waals surface area contributed by atoms with Crippen molar-refractivity contribution in [3.8, 4) is 0 Å². The number of anilines is 2. The number of nitrogens with two attached hydrogens (primary N) is 1. The van der Waals surface area contributed by atoms with E-state index < -0.39 is 0 Å². The minimum Gasteiger partial charge on any atom is -0.382 e. The highest BCUT2D eigenvalue weighted by molar-refractivity contribution is 7.18. The monoisotopic (exact) mass is 310 g/mol. The predicted octanol–water partition coefficient (Wildman–Crippen LogP) is 3.25. The van der Waals surface area contributed by atoms with Crippen LogP contribution in [0.4, 0.5) is 10.9 Å². The number of nitrogens with one attached hydrogen (secondary N) is 2. The summed E-state index contributed by atoms with van der Waals surface area (Å²) >= 11 is 1.33. The molecule has 0 spiro atoms. The van der Waals surface area contributed by atoms with Crippen LogP contribution in [0, 0.1) is 5.92 Å². The molecule has 1 aromatic heterocycles. The molecule has 1 heterocycles. The van der Waals surface area contributed by atoms with E-state index in [0.717, 1.165) is 13.0 Å². The molecule has 1 aromatic rings. The summed E-state index contributed by atoms with van der Waals surface area (Å²) in [6, 6.07) is 0.252. The Morgan fingerprint density at radius 3 is 2.71 bits per heavy atom. The number of hydrogen-bond donors (Lipinski definition) is 3. The zero-order chi connectivity index (χ0) is 15.2. The third-order valence-electron chi connectivity index (χ3n) is 4.16. The first kappa shape index (κ1) is 16.1. The number of hydrogen-bond acceptors (Lipinski definition) is 5. The average molecular weight is 310 g/mol. The molecule has 0 radical (unpaired) electrons. The Kier molecular flexibility index (Phi) is 5.85. The Morgan fingerprint density at radius 2 is 2.10 bits per heavy atom. The van der Waals surface area contributed by atoms with E-state index in [1.165, 1.54) is 43.4 Å². The van der Waals surface area contributed by atoms with Crippen LogP contribution in [-0.4, -0.2) is 23.5 Å². The van der Waals surface area contributed by atoms with Crippen molar-refractivity contribution in [3.05, 3.63) is 4.88 Å². The number of carbonyl (C=O) groups is 1. The van der Waals surface area contributed by atoms with Crippen LogP contribution in [-0.2, 0) is 0 Å². The fourth-order valence-corrected chi connectivity index (χ4v) is 3.90. The quantitative estimate of drug-likeness (QED) is 0.753. The lowest BCUT2D eigenvalue weighted by Crippen LogP contribution is -2.40. The van der Waals surface area contributed by atoms with Crippen LogP contribution < -0.4 is 16.4 Å². The second-order valence-corrected chi connectivity index (χ2v) is 6.65. The summed E-state index contributed by atoms with van der Waals surface area (Å²) in [5.41, 5.74) is 5.87. The van der Waals surface area contributed by atoms with Gasteiger partial charge >= 0.3 is 0 Å². The van der Waals surface area contributed by atoms with Gasteiger partial charge in [-0.15, -0.1) is 0 Å². The molecule has 1 atom stereocenters. The van der Waals surface area contributed by atoms with Gasteiger partial charge < -0.3 is 16.4 Å². The maximum absolute atomic E-state index is 12.4. The van der Waals surface area contributed by atoms with Crippen LogP contribution in [0.5, 0.6) is 0 Å². The number of amides is 1. The molecular formula is C15H26N4OS. The van der Waals surface area contributed by atoms with E-state index in [9.17, 15) is 4.79 Å². The van der Waals surface area contributed by atoms with Gasteiger partial charge in [0.15, 0.2) is 5.13 Å². The zero-order valence-corrected chi connectivity index (χ0v) is 13.8. The Morgan fingerprint density at radius 1 is 1.38 bits per heavy atom. The van der Waals surface area contributed by atoms with Crippen LogP contribution in [0.2, 0.25) is 0 Å². The van der Waals surface area contributed by atoms with Gasteiger partial charge in [-0.2, -0.15) is 0 Å². The Labute approximate surface area is 130 Å². The number of aromatic nitrogens is 1. The summed E-state index contributed by atoms with van der Waals surface area (Å²) in [6.45, 7) is 4.90. The molecule has 1 saturated carbocycles. The summed E-state index contributed by atoms with van der Waals surface area (Å²) in [7, 11) is 0. The fourth-order valence-electron chi connectivity index (χ4n) is 3.05. The highest BCUT2D eigenvalue weighted by atomic mass is 32.1. The first-order valence-electron chi connectivity index (χ1n) is 7.96. The van der Waals surface area contributed by atoms with Gasteiger partial charge in [0, 0.05) is 12.6 Å². The van der Waals surface area contributed by atoms with E-state index >= 15 is 0 Å². The third kappa shape index (κ3) is 4.09. The van der Waals surface area contributed by atoms with Crippen molar-refractivity contribution in [1.29, 1.82) is 0 Å². The molecule has 1 aliphatic carbocycles. The van der Waals surface area contributed by atoms with Gasteiger partial charge in [0.1, 0.15) is 10.7 Å². The van der Waals surface area contributed by atoms with Crippen molar-refractivity contribution >= 4 is 28.2 Å². The molecule has 2 rings (SSSR count). The number of nitrogens with zero attached hydrogens (tertiary/aromatic N) is 1. The molecule has 0 aromatic carbocycles. The fraction of sp³-hybridized carbons (Fsp3) is 0.733. The highest BCUT2D eigenvalue weighted by Crippen LogP contribution is 2.29. The summed E-state index contributed by atoms with van der Waals surface area (Å²) in [5.74, 6) is 0.855. The molecule has 1 fully saturated rings. The second kappa shape index (κ2) is 7.64. The molecule has 118 valence electrons. The maximum Gasteiger partial charge on any atom is 0.265 e. The number of carbonyl (C=O) groups excluding carboxylic acids is 1. The molecule has 0 aliphatic heterocycles. The SMILES string of the molecule is CCNc1nc(N)c(C(=O)NC(CC)C2CCCCC2)s1. The lowest BCUT2D eigenvalue weighted by molar-refractivity contribution is 0.0916. The molecule has 1 unspecified atom stereocenters. The van der Waals surface area contributed by atoms with E-state index in [4.69, 9.17) is 5.73 Å². The Bertz CT molecular complexity index is 468. The van der Waals surface area contributed by atoms with Gasteiger partial charge in [0.25, 0.3) is 5.91 Å². The first-order chi connectivity index (χ1) is 10.2. The van der Waals surface area contributed by atoms with Crippen molar-refractivity contribution in [2.45, 2.75) is 58.4 Å². The van der Waals surface area contributed by atoms with Gasteiger partial charge in [0.05, 0.1) is 0 Å². The van der Waals surface area contributed by atoms with Crippen molar-refractivity contribution in [3.63, 3.8) is 0 Å². The highest BCUT2D eigenvalue weighted by Gasteiger charge is 2.25. The molecule has 0 saturated heterocycles. The molecule has 6 heteroatoms. The molecule has 4 N–H and O–H groups in total. The molecular weight excluding hydrogens is 284 g/mol. The number of nitrogen functional groups attached to an aromatic ring is 1. The first-order valence-corrected chi connectivity index (χ1v) is 8.78. The maximum atomic E-state index is 12.4. The summed E-state index contributed by atoms with van der Waals surface area (Å²) in [5, 5.41) is 6.99. The third-order valence-corrected chi connectivity index (χ3v) is 5.19. The number of rotatable bonds is 6. The van der Waals surface area contributed by atoms with Gasteiger partial charge in [-0.05, 0) is 32.1 Å². The normalized spacial score (nSPS) is 17.4. The molecule has 21 heavy (non-hydrogen) atoms. The summed E-state index contributed by atoms with van der Waals surface area (Å²) in [6.07, 6.45) is 7.30. The van der Waals surface area contributed by atoms with E-state index in [0.29, 0.717) is 21.7 Å². The van der Waals surface area contributed by atoms with Crippen LogP contribution in [0.15, 0.2) is 0 Å². The zero-order valence-electron chi connectivity index (χ0n) is 12.9. The minimum atomic E-state index is -0.0772. The lowest BCUT2D eigenvalue weighted by atomic mass is 9.83. The standard InChI is InChI=1S/C15H26N4OS/c1-3-11(10-8-6-5-7-9-10)18-14(20)12-13(16)19-15(21-12)17-4-2/h10-11H,3-9,16H2,1-2H3,(H,17,19)(H,18,20). The van der Waals surface area contributed by atoms with Crippen LogP contribution >= 0.6 is 11.3 Å². The molecule has 1 amide bonds. The van der Waals surface area contributed by atoms with Crippen molar-refractivity contribution in [2.75, 3.05) is 17.6 Å². The average Bonchev–Trinajstić information content (AvgIpc) is 2.86. The Balaban J connectivity index is 2.01. The molecule has 1 aliphatic rings. The van der Waals surface area contributed by atoms with Gasteiger partial charge in [-0.25, -0.2) is 4.98 Å². The van der Waals surface area contributed by atoms with E-state index in [1.54, 1.807) is 0 Å². The minimum absolute atomic E-state index is 0.0772. The Hall–Kier alpha value is -1.30. The van der Waals surface area contributed by atoms with Crippen LogP contribution in [0.3, 0.4) is 0 Å². The van der Waals surface area contributed by atoms with Crippen LogP contribution in [0.1, 0.15) is 62.0 Å². The molecule has 5 nitrogen and oxygen atoms in total. The van der Waals surface area contributed by atoms with E-state index in [1.807, 2.05) is 6.92 Å². The molecule has 0 bridgehead atoms. The predicted molar refractivity (Wildman–Crippen MR) is 88.8 cm³/mol. The second-order valence-electron chi connectivity index (χ2n) is 5.65. The smallest absolute Gasteiger partial charge is 0.265 e. The van der Waals surface area contributed by atoms with Gasteiger partial charge in [0.2, 0.25) is 0 Å². The largest absolute Gasteiger partial charge is 0.382 e. The van der Waals surface area contributed by atoms with E-state index in [-0.39, 0.29) is 11.9 Å². The van der Waals surface area contributed by atoms with Gasteiger partial charge in [-0.3, -0.25) is 4.79 Å². The summed E-state index contributed by atoms with van der Waals surface area (Å²) in [4.78, 5) is 17.2. The topological polar surface area (TPSA) is 80.0 Å². The van der Waals surface area contributed by atoms with Crippen LogP contribution in [0.25, 0.3) is 0 Å². The van der Waals surface area contributed by atoms with Crippen molar-refractivity contribution < 1.29 is 4.79 Å². The van der Waals surface area contributed by atoms with E-state index in [2.05, 4.69) is 22.5 Å². The summed E-state index contributed by atoms with van der Waals surface area (Å²) < 4.78 is 0. The van der Waals surface area contributed by atoms with Gasteiger partial charge in [-0.1, -0.05) is 37.5 Å². The lowest BCUT2D eigenvalue weighted by Gasteiger charge is -2.30. The number of thiazole rings is 1.